The molecule has 1 amide bonds. The van der Waals surface area contributed by atoms with E-state index in [9.17, 15) is 4.79 Å². The first-order chi connectivity index (χ1) is 11.3. The minimum atomic E-state index is 0.147. The molecule has 1 saturated carbocycles. The summed E-state index contributed by atoms with van der Waals surface area (Å²) in [5.74, 6) is 0.147. The third kappa shape index (κ3) is 3.15. The van der Waals surface area contributed by atoms with Gasteiger partial charge in [0.05, 0.1) is 12.0 Å². The molecule has 0 atom stereocenters. The molecule has 1 aromatic heterocycles. The zero-order valence-electron chi connectivity index (χ0n) is 13.3. The summed E-state index contributed by atoms with van der Waals surface area (Å²) in [5.41, 5.74) is 2.09. The predicted octanol–water partition coefficient (Wildman–Crippen LogP) is 2.18. The van der Waals surface area contributed by atoms with Crippen LogP contribution in [0.15, 0.2) is 42.9 Å². The van der Waals surface area contributed by atoms with E-state index in [2.05, 4.69) is 14.5 Å². The van der Waals surface area contributed by atoms with Gasteiger partial charge < -0.3 is 9.47 Å². The van der Waals surface area contributed by atoms with Gasteiger partial charge in [-0.1, -0.05) is 18.2 Å². The van der Waals surface area contributed by atoms with Gasteiger partial charge in [0.2, 0.25) is 0 Å². The van der Waals surface area contributed by atoms with Gasteiger partial charge in [0.15, 0.2) is 0 Å². The lowest BCUT2D eigenvalue weighted by atomic mass is 10.2. The van der Waals surface area contributed by atoms with Crippen LogP contribution in [0.2, 0.25) is 0 Å². The highest BCUT2D eigenvalue weighted by Crippen LogP contribution is 2.35. The lowest BCUT2D eigenvalue weighted by Gasteiger charge is -2.34. The first kappa shape index (κ1) is 14.5. The molecular formula is C18H22N4O. The molecule has 23 heavy (non-hydrogen) atoms. The minimum absolute atomic E-state index is 0.147. The Bertz CT molecular complexity index is 669. The van der Waals surface area contributed by atoms with Crippen molar-refractivity contribution in [2.75, 3.05) is 26.2 Å². The van der Waals surface area contributed by atoms with Crippen molar-refractivity contribution < 1.29 is 4.79 Å². The molecule has 0 radical (unpaired) electrons. The molecular weight excluding hydrogens is 288 g/mol. The lowest BCUT2D eigenvalue weighted by molar-refractivity contribution is 0.0625. The maximum Gasteiger partial charge on any atom is 0.253 e. The quantitative estimate of drug-likeness (QED) is 0.869. The molecule has 0 spiro atoms. The van der Waals surface area contributed by atoms with E-state index in [1.54, 1.807) is 0 Å². The summed E-state index contributed by atoms with van der Waals surface area (Å²) in [6.07, 6.45) is 6.51. The Hall–Kier alpha value is -2.14. The third-order valence-electron chi connectivity index (χ3n) is 4.75. The summed E-state index contributed by atoms with van der Waals surface area (Å²) in [6.45, 7) is 4.38. The maximum atomic E-state index is 12.5. The number of carbonyl (C=O) groups excluding carboxylic acids is 1. The molecule has 0 N–H and O–H groups in total. The zero-order valence-corrected chi connectivity index (χ0v) is 13.3. The second-order valence-corrected chi connectivity index (χ2v) is 6.46. The van der Waals surface area contributed by atoms with Gasteiger partial charge in [-0.25, -0.2) is 4.98 Å². The molecule has 2 aliphatic rings. The number of benzene rings is 1. The number of piperazine rings is 1. The fourth-order valence-electron chi connectivity index (χ4n) is 3.24. The number of hydrogen-bond donors (Lipinski definition) is 0. The highest BCUT2D eigenvalue weighted by atomic mass is 16.2. The van der Waals surface area contributed by atoms with E-state index in [0.717, 1.165) is 38.3 Å². The molecule has 5 nitrogen and oxygen atoms in total. The average Bonchev–Trinajstić information content (AvgIpc) is 3.35. The van der Waals surface area contributed by atoms with Crippen molar-refractivity contribution in [1.29, 1.82) is 0 Å². The van der Waals surface area contributed by atoms with E-state index < -0.39 is 0 Å². The van der Waals surface area contributed by atoms with Gasteiger partial charge in [0.1, 0.15) is 0 Å². The number of rotatable bonds is 4. The Morgan fingerprint density at radius 2 is 1.83 bits per heavy atom. The molecule has 2 fully saturated rings. The molecule has 4 rings (SSSR count). The van der Waals surface area contributed by atoms with Gasteiger partial charge in [-0.05, 0) is 25.0 Å². The van der Waals surface area contributed by atoms with Crippen molar-refractivity contribution in [1.82, 2.24) is 19.4 Å². The minimum Gasteiger partial charge on any atom is -0.336 e. The Morgan fingerprint density at radius 1 is 1.09 bits per heavy atom. The predicted molar refractivity (Wildman–Crippen MR) is 88.1 cm³/mol. The molecule has 2 heterocycles. The van der Waals surface area contributed by atoms with Crippen LogP contribution in [-0.4, -0.2) is 51.4 Å². The van der Waals surface area contributed by atoms with Crippen LogP contribution in [0.4, 0.5) is 0 Å². The van der Waals surface area contributed by atoms with Crippen LogP contribution in [0.5, 0.6) is 0 Å². The number of hydrogen-bond acceptors (Lipinski definition) is 3. The maximum absolute atomic E-state index is 12.5. The van der Waals surface area contributed by atoms with Crippen LogP contribution < -0.4 is 0 Å². The van der Waals surface area contributed by atoms with Crippen LogP contribution >= 0.6 is 0 Å². The molecule has 2 aromatic rings. The van der Waals surface area contributed by atoms with Crippen LogP contribution in [0.1, 0.15) is 34.9 Å². The number of nitrogens with zero attached hydrogens (tertiary/aromatic N) is 4. The van der Waals surface area contributed by atoms with Crippen LogP contribution in [0.25, 0.3) is 0 Å². The van der Waals surface area contributed by atoms with E-state index in [0.29, 0.717) is 6.04 Å². The van der Waals surface area contributed by atoms with Gasteiger partial charge in [-0.2, -0.15) is 0 Å². The standard InChI is InChI=1S/C18H22N4O/c23-18(15-4-2-1-3-5-15)21-10-8-20(9-11-21)13-17-12-19-14-22(17)16-6-7-16/h1-5,12,14,16H,6-11,13H2. The van der Waals surface area contributed by atoms with Gasteiger partial charge >= 0.3 is 0 Å². The van der Waals surface area contributed by atoms with E-state index >= 15 is 0 Å². The highest BCUT2D eigenvalue weighted by Gasteiger charge is 2.27. The fourth-order valence-corrected chi connectivity index (χ4v) is 3.24. The largest absolute Gasteiger partial charge is 0.336 e. The average molecular weight is 310 g/mol. The summed E-state index contributed by atoms with van der Waals surface area (Å²) in [5, 5.41) is 0. The second-order valence-electron chi connectivity index (χ2n) is 6.46. The van der Waals surface area contributed by atoms with E-state index in [4.69, 9.17) is 0 Å². The highest BCUT2D eigenvalue weighted by molar-refractivity contribution is 5.94. The molecule has 0 unspecified atom stereocenters. The molecule has 0 bridgehead atoms. The van der Waals surface area contributed by atoms with Crippen LogP contribution in [-0.2, 0) is 6.54 Å². The molecule has 5 heteroatoms. The van der Waals surface area contributed by atoms with Crippen LogP contribution in [0.3, 0.4) is 0 Å². The van der Waals surface area contributed by atoms with Crippen molar-refractivity contribution in [2.24, 2.45) is 0 Å². The number of aromatic nitrogens is 2. The summed E-state index contributed by atoms with van der Waals surface area (Å²) in [7, 11) is 0. The van der Waals surface area contributed by atoms with Crippen molar-refractivity contribution in [3.63, 3.8) is 0 Å². The third-order valence-corrected chi connectivity index (χ3v) is 4.75. The normalized spacial score (nSPS) is 19.0. The van der Waals surface area contributed by atoms with E-state index in [1.807, 2.05) is 47.8 Å². The monoisotopic (exact) mass is 310 g/mol. The van der Waals surface area contributed by atoms with E-state index in [1.165, 1.54) is 18.5 Å². The Labute approximate surface area is 136 Å². The first-order valence-electron chi connectivity index (χ1n) is 8.38. The zero-order chi connectivity index (χ0) is 15.6. The second kappa shape index (κ2) is 6.16. The molecule has 1 saturated heterocycles. The topological polar surface area (TPSA) is 41.4 Å². The Morgan fingerprint density at radius 3 is 2.52 bits per heavy atom. The SMILES string of the molecule is O=C(c1ccccc1)N1CCN(Cc2cncn2C2CC2)CC1. The fraction of sp³-hybridized carbons (Fsp3) is 0.444. The molecule has 1 aliphatic heterocycles. The molecule has 120 valence electrons. The summed E-state index contributed by atoms with van der Waals surface area (Å²) >= 11 is 0. The van der Waals surface area contributed by atoms with Gasteiger partial charge in [0.25, 0.3) is 5.91 Å². The van der Waals surface area contributed by atoms with Crippen LogP contribution in [0, 0.1) is 0 Å². The Balaban J connectivity index is 1.34. The first-order valence-corrected chi connectivity index (χ1v) is 8.38. The van der Waals surface area contributed by atoms with E-state index in [-0.39, 0.29) is 5.91 Å². The molecule has 1 aliphatic carbocycles. The van der Waals surface area contributed by atoms with Gasteiger partial charge in [-0.3, -0.25) is 9.69 Å². The number of carbonyl (C=O) groups is 1. The summed E-state index contributed by atoms with van der Waals surface area (Å²) < 4.78 is 2.32. The smallest absolute Gasteiger partial charge is 0.253 e. The molecule has 1 aromatic carbocycles. The van der Waals surface area contributed by atoms with Gasteiger partial charge in [-0.15, -0.1) is 0 Å². The van der Waals surface area contributed by atoms with Crippen molar-refractivity contribution in [2.45, 2.75) is 25.4 Å². The number of imidazole rings is 1. The van der Waals surface area contributed by atoms with Crippen molar-refractivity contribution in [3.05, 3.63) is 54.1 Å². The lowest BCUT2D eigenvalue weighted by Crippen LogP contribution is -2.48. The Kier molecular flexibility index (Phi) is 3.87. The van der Waals surface area contributed by atoms with Crippen molar-refractivity contribution in [3.8, 4) is 0 Å². The summed E-state index contributed by atoms with van der Waals surface area (Å²) in [6, 6.07) is 10.2. The van der Waals surface area contributed by atoms with Crippen molar-refractivity contribution >= 4 is 5.91 Å². The number of amides is 1. The van der Waals surface area contributed by atoms with Gasteiger partial charge in [0, 0.05) is 50.5 Å². The summed E-state index contributed by atoms with van der Waals surface area (Å²) in [4.78, 5) is 21.2.